The smallest absolute Gasteiger partial charge is 0.453 e. The van der Waals surface area contributed by atoms with Gasteiger partial charge in [0, 0.05) is 6.42 Å². The standard InChI is InChI=1S/C33H48F5NO2S/c1-22-10-13-28-29-25(14-16-31(22,28)2)24-12-11-23(40)21-27(24)30(41)26(29)9-5-4-6-17-39(3)18-8-20-42-19-7-15-32(34,35)33(36,37)38/h11-12,21,25-26,28-30,40-41H,1,4-10,13-20H2,2-3H3/t25?,26-,28?,29?,30+,31+/m0/s1. The number of phenolic OH excluding ortho intramolecular Hbond substituents is 1. The number of aliphatic hydroxyl groups is 1. The van der Waals surface area contributed by atoms with Crippen LogP contribution in [0.4, 0.5) is 22.0 Å². The fourth-order valence-electron chi connectivity index (χ4n) is 8.14. The molecule has 3 aliphatic rings. The number of benzene rings is 1. The van der Waals surface area contributed by atoms with Crippen LogP contribution in [0.5, 0.6) is 5.75 Å². The van der Waals surface area contributed by atoms with E-state index in [0.29, 0.717) is 23.5 Å². The SMILES string of the molecule is C=C1CCC2C3C(CC[C@]12C)c1ccc(O)cc1[C@H](O)[C@H]3CCCCCN(C)CCCSCCCC(F)(F)C(F)(F)F. The summed E-state index contributed by atoms with van der Waals surface area (Å²) in [6, 6.07) is 5.57. The minimum Gasteiger partial charge on any atom is -0.508 e. The zero-order chi connectivity index (χ0) is 30.7. The second-order valence-electron chi connectivity index (χ2n) is 13.2. The summed E-state index contributed by atoms with van der Waals surface area (Å²) < 4.78 is 62.7. The Morgan fingerprint density at radius 1 is 1.00 bits per heavy atom. The number of hydrogen-bond donors (Lipinski definition) is 2. The molecule has 3 aliphatic carbocycles. The van der Waals surface area contributed by atoms with Crippen molar-refractivity contribution in [1.82, 2.24) is 4.90 Å². The van der Waals surface area contributed by atoms with Crippen LogP contribution in [0.15, 0.2) is 30.4 Å². The van der Waals surface area contributed by atoms with E-state index in [9.17, 15) is 32.2 Å². The van der Waals surface area contributed by atoms with Gasteiger partial charge < -0.3 is 15.1 Å². The summed E-state index contributed by atoms with van der Waals surface area (Å²) in [5.41, 5.74) is 3.66. The van der Waals surface area contributed by atoms with Crippen LogP contribution >= 0.6 is 11.8 Å². The Kier molecular flexibility index (Phi) is 11.0. The third-order valence-electron chi connectivity index (χ3n) is 10.6. The maximum absolute atomic E-state index is 13.0. The first-order valence-corrected chi connectivity index (χ1v) is 16.8. The van der Waals surface area contributed by atoms with Crippen molar-refractivity contribution in [2.24, 2.45) is 23.2 Å². The molecule has 6 atom stereocenters. The van der Waals surface area contributed by atoms with Crippen LogP contribution in [0.1, 0.15) is 101 Å². The van der Waals surface area contributed by atoms with E-state index < -0.39 is 24.6 Å². The number of aliphatic hydroxyl groups excluding tert-OH is 1. The van der Waals surface area contributed by atoms with Gasteiger partial charge in [0.2, 0.25) is 0 Å². The zero-order valence-corrected chi connectivity index (χ0v) is 25.9. The minimum absolute atomic E-state index is 0.147. The molecule has 0 spiro atoms. The van der Waals surface area contributed by atoms with Crippen molar-refractivity contribution in [3.63, 3.8) is 0 Å². The maximum atomic E-state index is 13.0. The number of fused-ring (bicyclic) bond motifs is 5. The molecular weight excluding hydrogens is 569 g/mol. The number of nitrogens with zero attached hydrogens (tertiary/aromatic N) is 1. The minimum atomic E-state index is -5.46. The second kappa shape index (κ2) is 13.8. The van der Waals surface area contributed by atoms with Crippen LogP contribution < -0.4 is 0 Å². The van der Waals surface area contributed by atoms with Gasteiger partial charge in [0.05, 0.1) is 6.10 Å². The van der Waals surface area contributed by atoms with Crippen LogP contribution in [0.2, 0.25) is 0 Å². The molecule has 42 heavy (non-hydrogen) atoms. The van der Waals surface area contributed by atoms with E-state index >= 15 is 0 Å². The molecule has 0 aromatic heterocycles. The second-order valence-corrected chi connectivity index (χ2v) is 14.5. The maximum Gasteiger partial charge on any atom is 0.453 e. The number of rotatable bonds is 14. The van der Waals surface area contributed by atoms with Crippen LogP contribution in [0.3, 0.4) is 0 Å². The Hall–Kier alpha value is -1.32. The van der Waals surface area contributed by atoms with E-state index in [1.54, 1.807) is 12.1 Å². The predicted molar refractivity (Wildman–Crippen MR) is 160 cm³/mol. The Labute approximate surface area is 252 Å². The van der Waals surface area contributed by atoms with Gasteiger partial charge in [0.15, 0.2) is 0 Å². The first-order valence-electron chi connectivity index (χ1n) is 15.7. The van der Waals surface area contributed by atoms with Gasteiger partial charge in [0.1, 0.15) is 5.75 Å². The average Bonchev–Trinajstić information content (AvgIpc) is 3.22. The van der Waals surface area contributed by atoms with Crippen molar-refractivity contribution in [2.45, 2.75) is 102 Å². The van der Waals surface area contributed by atoms with Crippen molar-refractivity contribution in [2.75, 3.05) is 31.6 Å². The number of thioether (sulfide) groups is 1. The van der Waals surface area contributed by atoms with Crippen molar-refractivity contribution >= 4 is 11.8 Å². The predicted octanol–water partition coefficient (Wildman–Crippen LogP) is 9.11. The lowest BCUT2D eigenvalue weighted by atomic mass is 9.51. The summed E-state index contributed by atoms with van der Waals surface area (Å²) in [5.74, 6) is -1.78. The van der Waals surface area contributed by atoms with Crippen LogP contribution in [0, 0.1) is 23.2 Å². The van der Waals surface area contributed by atoms with Gasteiger partial charge in [-0.1, -0.05) is 38.0 Å². The fraction of sp³-hybridized carbons (Fsp3) is 0.758. The molecule has 0 radical (unpaired) electrons. The molecular formula is C33H48F5NO2S. The third-order valence-corrected chi connectivity index (χ3v) is 11.7. The fourth-order valence-corrected chi connectivity index (χ4v) is 9.02. The van der Waals surface area contributed by atoms with Gasteiger partial charge in [-0.2, -0.15) is 33.7 Å². The van der Waals surface area contributed by atoms with E-state index in [2.05, 4.69) is 25.5 Å². The highest BCUT2D eigenvalue weighted by molar-refractivity contribution is 7.99. The summed E-state index contributed by atoms with van der Waals surface area (Å²) in [6.07, 6.45) is 2.12. The first kappa shape index (κ1) is 33.6. The normalized spacial score (nSPS) is 29.5. The summed E-state index contributed by atoms with van der Waals surface area (Å²) in [7, 11) is 2.06. The zero-order valence-electron chi connectivity index (χ0n) is 25.1. The summed E-state index contributed by atoms with van der Waals surface area (Å²) in [6.45, 7) is 8.64. The number of allylic oxidation sites excluding steroid dienone is 1. The molecule has 0 amide bonds. The number of unbranched alkanes of at least 4 members (excludes halogenated alkanes) is 2. The average molecular weight is 618 g/mol. The Morgan fingerprint density at radius 2 is 1.71 bits per heavy atom. The van der Waals surface area contributed by atoms with Gasteiger partial charge in [-0.15, -0.1) is 0 Å². The molecule has 4 rings (SSSR count). The molecule has 2 saturated carbocycles. The van der Waals surface area contributed by atoms with Crippen molar-refractivity contribution in [3.05, 3.63) is 41.5 Å². The quantitative estimate of drug-likeness (QED) is 0.124. The van der Waals surface area contributed by atoms with Gasteiger partial charge in [0.25, 0.3) is 0 Å². The lowest BCUT2D eigenvalue weighted by Crippen LogP contribution is -2.45. The summed E-state index contributed by atoms with van der Waals surface area (Å²) >= 11 is 1.43. The van der Waals surface area contributed by atoms with Gasteiger partial charge in [-0.25, -0.2) is 0 Å². The Balaban J connectivity index is 1.20. The Bertz CT molecular complexity index is 1070. The number of alkyl halides is 5. The lowest BCUT2D eigenvalue weighted by Gasteiger charge is -2.54. The molecule has 3 nitrogen and oxygen atoms in total. The molecule has 1 aromatic rings. The Morgan fingerprint density at radius 3 is 2.45 bits per heavy atom. The van der Waals surface area contributed by atoms with E-state index in [1.165, 1.54) is 22.9 Å². The lowest BCUT2D eigenvalue weighted by molar-refractivity contribution is -0.284. The molecule has 0 bridgehead atoms. The van der Waals surface area contributed by atoms with E-state index in [4.69, 9.17) is 0 Å². The highest BCUT2D eigenvalue weighted by atomic mass is 32.2. The van der Waals surface area contributed by atoms with Crippen LogP contribution in [0.25, 0.3) is 0 Å². The van der Waals surface area contributed by atoms with Crippen LogP contribution in [-0.4, -0.2) is 58.9 Å². The largest absolute Gasteiger partial charge is 0.508 e. The first-order chi connectivity index (χ1) is 19.8. The molecule has 0 heterocycles. The van der Waals surface area contributed by atoms with Gasteiger partial charge in [-0.05, 0) is 135 Å². The molecule has 0 saturated heterocycles. The van der Waals surface area contributed by atoms with Crippen molar-refractivity contribution in [3.8, 4) is 5.75 Å². The topological polar surface area (TPSA) is 43.7 Å². The molecule has 3 unspecified atom stereocenters. The molecule has 9 heteroatoms. The van der Waals surface area contributed by atoms with Gasteiger partial charge in [-0.3, -0.25) is 0 Å². The monoisotopic (exact) mass is 617 g/mol. The van der Waals surface area contributed by atoms with Crippen molar-refractivity contribution in [1.29, 1.82) is 0 Å². The van der Waals surface area contributed by atoms with Crippen molar-refractivity contribution < 1.29 is 32.2 Å². The van der Waals surface area contributed by atoms with Gasteiger partial charge >= 0.3 is 12.1 Å². The molecule has 2 N–H and O–H groups in total. The highest BCUT2D eigenvalue weighted by Crippen LogP contribution is 2.65. The third kappa shape index (κ3) is 7.31. The van der Waals surface area contributed by atoms with E-state index in [0.717, 1.165) is 82.2 Å². The highest BCUT2D eigenvalue weighted by Gasteiger charge is 2.57. The number of aromatic hydroxyl groups is 1. The molecule has 0 aliphatic heterocycles. The molecule has 2 fully saturated rings. The van der Waals surface area contributed by atoms with E-state index in [-0.39, 0.29) is 23.5 Å². The molecule has 1 aromatic carbocycles. The summed E-state index contributed by atoms with van der Waals surface area (Å²) in [5, 5.41) is 21.8. The molecule has 238 valence electrons. The van der Waals surface area contributed by atoms with E-state index in [1.807, 2.05) is 6.07 Å². The number of halogens is 5. The number of phenols is 1. The number of hydrogen-bond acceptors (Lipinski definition) is 4. The summed E-state index contributed by atoms with van der Waals surface area (Å²) in [4.78, 5) is 2.25. The van der Waals surface area contributed by atoms with Crippen LogP contribution in [-0.2, 0) is 0 Å².